The molecule has 0 amide bonds. The van der Waals surface area contributed by atoms with E-state index in [1.807, 2.05) is 20.8 Å². The molecule has 0 saturated heterocycles. The number of benzene rings is 1. The number of rotatable bonds is 5. The largest absolute Gasteiger partial charge is 0.377 e. The van der Waals surface area contributed by atoms with Crippen molar-refractivity contribution in [2.24, 2.45) is 5.73 Å². The Morgan fingerprint density at radius 1 is 1.40 bits per heavy atom. The number of hydrogen-bond donors (Lipinski definition) is 1. The SMILES string of the molecule is Cc1ccc(F)cc1-c1nc(C(N)COC(C)C)no1. The highest BCUT2D eigenvalue weighted by molar-refractivity contribution is 5.58. The average molecular weight is 279 g/mol. The fourth-order valence-electron chi connectivity index (χ4n) is 1.69. The molecule has 5 nitrogen and oxygen atoms in total. The lowest BCUT2D eigenvalue weighted by atomic mass is 10.1. The van der Waals surface area contributed by atoms with Crippen LogP contribution >= 0.6 is 0 Å². The van der Waals surface area contributed by atoms with Crippen molar-refractivity contribution in [2.45, 2.75) is 32.9 Å². The highest BCUT2D eigenvalue weighted by Crippen LogP contribution is 2.23. The van der Waals surface area contributed by atoms with Crippen LogP contribution in [0.3, 0.4) is 0 Å². The molecule has 0 radical (unpaired) electrons. The van der Waals surface area contributed by atoms with Crippen LogP contribution in [0.5, 0.6) is 0 Å². The molecule has 1 unspecified atom stereocenters. The van der Waals surface area contributed by atoms with Crippen molar-refractivity contribution in [3.63, 3.8) is 0 Å². The van der Waals surface area contributed by atoms with Crippen molar-refractivity contribution in [1.29, 1.82) is 0 Å². The van der Waals surface area contributed by atoms with Crippen LogP contribution in [0.15, 0.2) is 22.7 Å². The van der Waals surface area contributed by atoms with Gasteiger partial charge in [-0.1, -0.05) is 11.2 Å². The van der Waals surface area contributed by atoms with Gasteiger partial charge in [-0.15, -0.1) is 0 Å². The van der Waals surface area contributed by atoms with Crippen LogP contribution in [0.1, 0.15) is 31.3 Å². The van der Waals surface area contributed by atoms with Crippen LogP contribution in [0.2, 0.25) is 0 Å². The van der Waals surface area contributed by atoms with Gasteiger partial charge in [0.2, 0.25) is 0 Å². The second kappa shape index (κ2) is 6.11. The zero-order valence-corrected chi connectivity index (χ0v) is 11.8. The summed E-state index contributed by atoms with van der Waals surface area (Å²) in [6.45, 7) is 5.99. The van der Waals surface area contributed by atoms with Gasteiger partial charge in [0.1, 0.15) is 5.82 Å². The Kier molecular flexibility index (Phi) is 4.46. The van der Waals surface area contributed by atoms with E-state index in [1.54, 1.807) is 6.07 Å². The number of halogens is 1. The fourth-order valence-corrected chi connectivity index (χ4v) is 1.69. The van der Waals surface area contributed by atoms with Gasteiger partial charge in [0, 0.05) is 5.56 Å². The first-order valence-corrected chi connectivity index (χ1v) is 6.44. The van der Waals surface area contributed by atoms with Crippen molar-refractivity contribution in [3.8, 4) is 11.5 Å². The molecule has 0 aliphatic heterocycles. The first-order chi connectivity index (χ1) is 9.47. The van der Waals surface area contributed by atoms with Crippen molar-refractivity contribution in [3.05, 3.63) is 35.4 Å². The third kappa shape index (κ3) is 3.40. The van der Waals surface area contributed by atoms with Gasteiger partial charge < -0.3 is 15.0 Å². The van der Waals surface area contributed by atoms with E-state index in [4.69, 9.17) is 15.0 Å². The number of hydrogen-bond acceptors (Lipinski definition) is 5. The van der Waals surface area contributed by atoms with Gasteiger partial charge in [0.05, 0.1) is 18.8 Å². The molecule has 1 aromatic carbocycles. The first-order valence-electron chi connectivity index (χ1n) is 6.44. The summed E-state index contributed by atoms with van der Waals surface area (Å²) in [5, 5.41) is 3.83. The van der Waals surface area contributed by atoms with Crippen LogP contribution < -0.4 is 5.73 Å². The van der Waals surface area contributed by atoms with Gasteiger partial charge in [-0.25, -0.2) is 4.39 Å². The quantitative estimate of drug-likeness (QED) is 0.910. The summed E-state index contributed by atoms with van der Waals surface area (Å²) >= 11 is 0. The Bertz CT molecular complexity index is 584. The summed E-state index contributed by atoms with van der Waals surface area (Å²) < 4.78 is 23.8. The molecular formula is C14H18FN3O2. The van der Waals surface area contributed by atoms with E-state index in [1.165, 1.54) is 12.1 Å². The molecule has 0 saturated carbocycles. The molecule has 2 rings (SSSR count). The molecule has 0 aliphatic rings. The van der Waals surface area contributed by atoms with E-state index in [0.717, 1.165) is 5.56 Å². The van der Waals surface area contributed by atoms with E-state index < -0.39 is 6.04 Å². The summed E-state index contributed by atoms with van der Waals surface area (Å²) in [7, 11) is 0. The van der Waals surface area contributed by atoms with Crippen LogP contribution in [0.25, 0.3) is 11.5 Å². The minimum atomic E-state index is -0.469. The minimum absolute atomic E-state index is 0.0814. The summed E-state index contributed by atoms with van der Waals surface area (Å²) in [6.07, 6.45) is 0.0814. The minimum Gasteiger partial charge on any atom is -0.377 e. The fraction of sp³-hybridized carbons (Fsp3) is 0.429. The van der Waals surface area contributed by atoms with Crippen molar-refractivity contribution in [1.82, 2.24) is 10.1 Å². The molecule has 6 heteroatoms. The Hall–Kier alpha value is -1.79. The molecule has 1 aromatic heterocycles. The van der Waals surface area contributed by atoms with Crippen LogP contribution in [-0.2, 0) is 4.74 Å². The zero-order chi connectivity index (χ0) is 14.7. The summed E-state index contributed by atoms with van der Waals surface area (Å²) in [4.78, 5) is 4.21. The highest BCUT2D eigenvalue weighted by Gasteiger charge is 2.17. The Labute approximate surface area is 116 Å². The molecule has 0 bridgehead atoms. The lowest BCUT2D eigenvalue weighted by molar-refractivity contribution is 0.0665. The topological polar surface area (TPSA) is 74.2 Å². The molecular weight excluding hydrogens is 261 g/mol. The maximum absolute atomic E-state index is 13.3. The summed E-state index contributed by atoms with van der Waals surface area (Å²) in [6, 6.07) is 3.95. The Morgan fingerprint density at radius 3 is 2.85 bits per heavy atom. The van der Waals surface area contributed by atoms with Crippen LogP contribution in [-0.4, -0.2) is 22.9 Å². The molecule has 20 heavy (non-hydrogen) atoms. The second-order valence-corrected chi connectivity index (χ2v) is 4.91. The van der Waals surface area contributed by atoms with Gasteiger partial charge >= 0.3 is 0 Å². The standard InChI is InChI=1S/C14H18FN3O2/c1-8(2)19-7-12(16)13-17-14(20-18-13)11-6-10(15)5-4-9(11)3/h4-6,8,12H,7,16H2,1-3H3. The van der Waals surface area contributed by atoms with Gasteiger partial charge in [-0.3, -0.25) is 0 Å². The molecule has 0 fully saturated rings. The second-order valence-electron chi connectivity index (χ2n) is 4.91. The van der Waals surface area contributed by atoms with Crippen LogP contribution in [0.4, 0.5) is 4.39 Å². The maximum Gasteiger partial charge on any atom is 0.258 e. The summed E-state index contributed by atoms with van der Waals surface area (Å²) in [5.41, 5.74) is 7.34. The number of aryl methyl sites for hydroxylation is 1. The zero-order valence-electron chi connectivity index (χ0n) is 11.8. The maximum atomic E-state index is 13.3. The number of nitrogens with zero attached hydrogens (tertiary/aromatic N) is 2. The number of aromatic nitrogens is 2. The molecule has 108 valence electrons. The summed E-state index contributed by atoms with van der Waals surface area (Å²) in [5.74, 6) is 0.263. The van der Waals surface area contributed by atoms with Gasteiger partial charge in [0.25, 0.3) is 5.89 Å². The molecule has 2 aromatic rings. The monoisotopic (exact) mass is 279 g/mol. The third-order valence-corrected chi connectivity index (χ3v) is 2.81. The van der Waals surface area contributed by atoms with Gasteiger partial charge in [-0.2, -0.15) is 4.98 Å². The van der Waals surface area contributed by atoms with Crippen LogP contribution in [0, 0.1) is 12.7 Å². The van der Waals surface area contributed by atoms with Gasteiger partial charge in [-0.05, 0) is 38.5 Å². The van der Waals surface area contributed by atoms with E-state index in [-0.39, 0.29) is 17.8 Å². The highest BCUT2D eigenvalue weighted by atomic mass is 19.1. The van der Waals surface area contributed by atoms with Crippen molar-refractivity contribution >= 4 is 0 Å². The van der Waals surface area contributed by atoms with Gasteiger partial charge in [0.15, 0.2) is 5.82 Å². The van der Waals surface area contributed by atoms with E-state index in [0.29, 0.717) is 18.0 Å². The van der Waals surface area contributed by atoms with E-state index >= 15 is 0 Å². The predicted octanol–water partition coefficient (Wildman–Crippen LogP) is 2.61. The lowest BCUT2D eigenvalue weighted by Crippen LogP contribution is -2.20. The molecule has 1 atom stereocenters. The number of ether oxygens (including phenoxy) is 1. The third-order valence-electron chi connectivity index (χ3n) is 2.81. The average Bonchev–Trinajstić information content (AvgIpc) is 2.88. The first kappa shape index (κ1) is 14.6. The molecule has 2 N–H and O–H groups in total. The predicted molar refractivity (Wildman–Crippen MR) is 72.4 cm³/mol. The molecule has 0 aliphatic carbocycles. The van der Waals surface area contributed by atoms with E-state index in [9.17, 15) is 4.39 Å². The number of nitrogens with two attached hydrogens (primary N) is 1. The molecule has 0 spiro atoms. The van der Waals surface area contributed by atoms with Crippen molar-refractivity contribution < 1.29 is 13.7 Å². The lowest BCUT2D eigenvalue weighted by Gasteiger charge is -2.10. The normalized spacial score (nSPS) is 12.9. The van der Waals surface area contributed by atoms with Crippen molar-refractivity contribution in [2.75, 3.05) is 6.61 Å². The molecule has 1 heterocycles. The van der Waals surface area contributed by atoms with E-state index in [2.05, 4.69) is 10.1 Å². The smallest absolute Gasteiger partial charge is 0.258 e. The Balaban J connectivity index is 2.18. The Morgan fingerprint density at radius 2 is 2.15 bits per heavy atom.